The lowest BCUT2D eigenvalue weighted by Crippen LogP contribution is -2.50. The third kappa shape index (κ3) is 15.3. The highest BCUT2D eigenvalue weighted by molar-refractivity contribution is 6.74. The summed E-state index contributed by atoms with van der Waals surface area (Å²) in [6, 6.07) is 15.4. The van der Waals surface area contributed by atoms with Crippen molar-refractivity contribution < 1.29 is 42.7 Å². The van der Waals surface area contributed by atoms with Crippen molar-refractivity contribution in [3.63, 3.8) is 0 Å². The molecule has 0 spiro atoms. The van der Waals surface area contributed by atoms with Gasteiger partial charge in [-0.05, 0) is 115 Å². The quantitative estimate of drug-likeness (QED) is 0.0859. The highest BCUT2D eigenvalue weighted by Gasteiger charge is 2.51. The Hall–Kier alpha value is -4.03. The maximum Gasteiger partial charge on any atom is 0.331 e. The maximum absolute atomic E-state index is 13.5. The minimum absolute atomic E-state index is 0.0449. The number of aliphatic hydroxyl groups is 1. The van der Waals surface area contributed by atoms with Crippen LogP contribution in [0.2, 0.25) is 18.1 Å². The summed E-state index contributed by atoms with van der Waals surface area (Å²) >= 11 is 0. The second-order valence-corrected chi connectivity index (χ2v) is 23.7. The van der Waals surface area contributed by atoms with Gasteiger partial charge in [0.1, 0.15) is 42.0 Å². The molecule has 63 heavy (non-hydrogen) atoms. The number of ether oxygens (including phenoxy) is 6. The second kappa shape index (κ2) is 23.8. The van der Waals surface area contributed by atoms with E-state index in [1.54, 1.807) is 26.4 Å². The molecule has 2 aromatic rings. The molecule has 0 radical (unpaired) electrons. The molecule has 0 aliphatic carbocycles. The van der Waals surface area contributed by atoms with Crippen molar-refractivity contribution >= 4 is 14.3 Å². The van der Waals surface area contributed by atoms with E-state index in [4.69, 9.17) is 32.8 Å². The van der Waals surface area contributed by atoms with Crippen molar-refractivity contribution in [3.8, 4) is 11.5 Å². The summed E-state index contributed by atoms with van der Waals surface area (Å²) in [6.07, 6.45) is 8.69. The molecule has 2 aromatic carbocycles. The minimum atomic E-state index is -2.50. The first kappa shape index (κ1) is 51.6. The van der Waals surface area contributed by atoms with E-state index in [0.717, 1.165) is 52.2 Å². The first-order chi connectivity index (χ1) is 29.8. The zero-order valence-corrected chi connectivity index (χ0v) is 41.0. The molecule has 10 heteroatoms. The van der Waals surface area contributed by atoms with Crippen LogP contribution < -0.4 is 9.47 Å². The molecule has 0 saturated carbocycles. The van der Waals surface area contributed by atoms with E-state index in [0.29, 0.717) is 30.8 Å². The first-order valence-corrected chi connectivity index (χ1v) is 25.4. The van der Waals surface area contributed by atoms with Gasteiger partial charge in [0, 0.05) is 6.08 Å². The van der Waals surface area contributed by atoms with Gasteiger partial charge in [-0.3, -0.25) is 0 Å². The van der Waals surface area contributed by atoms with E-state index < -0.39 is 44.8 Å². The van der Waals surface area contributed by atoms with Gasteiger partial charge in [0.2, 0.25) is 0 Å². The lowest BCUT2D eigenvalue weighted by atomic mass is 9.89. The highest BCUT2D eigenvalue weighted by atomic mass is 28.4. The first-order valence-electron chi connectivity index (χ1n) is 22.5. The van der Waals surface area contributed by atoms with Crippen molar-refractivity contribution in [3.05, 3.63) is 132 Å². The Morgan fingerprint density at radius 1 is 0.857 bits per heavy atom. The van der Waals surface area contributed by atoms with Gasteiger partial charge in [0.15, 0.2) is 8.32 Å². The molecular weight excluding hydrogens is 809 g/mol. The number of hydrogen-bond acceptors (Lipinski definition) is 9. The molecular formula is C53H76O9Si. The van der Waals surface area contributed by atoms with E-state index >= 15 is 0 Å². The lowest BCUT2D eigenvalue weighted by Gasteiger charge is -2.43. The molecule has 4 rings (SSSR count). The smallest absolute Gasteiger partial charge is 0.331 e. The summed E-state index contributed by atoms with van der Waals surface area (Å²) in [5, 5.41) is 12.0. The Morgan fingerprint density at radius 3 is 1.97 bits per heavy atom. The topological polar surface area (TPSA) is 105 Å². The van der Waals surface area contributed by atoms with Crippen LogP contribution in [0.1, 0.15) is 91.7 Å². The van der Waals surface area contributed by atoms with Gasteiger partial charge in [0.05, 0.1) is 39.6 Å². The minimum Gasteiger partial charge on any atom is -0.497 e. The highest BCUT2D eigenvalue weighted by Crippen LogP contribution is 2.41. The van der Waals surface area contributed by atoms with Gasteiger partial charge in [-0.1, -0.05) is 122 Å². The third-order valence-electron chi connectivity index (χ3n) is 12.6. The van der Waals surface area contributed by atoms with Crippen molar-refractivity contribution in [2.24, 2.45) is 11.8 Å². The fourth-order valence-corrected chi connectivity index (χ4v) is 8.95. The van der Waals surface area contributed by atoms with Crippen LogP contribution in [-0.2, 0) is 41.4 Å². The number of aliphatic hydroxyl groups excluding tert-OH is 1. The van der Waals surface area contributed by atoms with Gasteiger partial charge in [-0.2, -0.15) is 0 Å². The number of benzene rings is 2. The fraction of sp³-hybridized carbons (Fsp3) is 0.528. The molecule has 2 aliphatic rings. The molecule has 0 aromatic heterocycles. The maximum atomic E-state index is 13.5. The van der Waals surface area contributed by atoms with E-state index in [1.165, 1.54) is 0 Å². The molecule has 0 bridgehead atoms. The van der Waals surface area contributed by atoms with E-state index in [2.05, 4.69) is 74.4 Å². The number of methoxy groups -OCH3 is 2. The van der Waals surface area contributed by atoms with E-state index in [-0.39, 0.29) is 36.4 Å². The Morgan fingerprint density at radius 2 is 1.43 bits per heavy atom. The molecule has 2 heterocycles. The number of allylic oxidation sites excluding steroid dienone is 5. The van der Waals surface area contributed by atoms with Crippen LogP contribution in [0.5, 0.6) is 11.5 Å². The Bertz CT molecular complexity index is 1900. The van der Waals surface area contributed by atoms with Crippen molar-refractivity contribution in [2.45, 2.75) is 155 Å². The number of rotatable bonds is 14. The number of esters is 1. The summed E-state index contributed by atoms with van der Waals surface area (Å²) in [6.45, 7) is 33.4. The van der Waals surface area contributed by atoms with Crippen LogP contribution in [0, 0.1) is 11.8 Å². The van der Waals surface area contributed by atoms with Crippen LogP contribution in [0.4, 0.5) is 0 Å². The number of hydrogen-bond donors (Lipinski definition) is 1. The predicted molar refractivity (Wildman–Crippen MR) is 256 cm³/mol. The summed E-state index contributed by atoms with van der Waals surface area (Å²) in [5.74, 6) is 1.38. The van der Waals surface area contributed by atoms with Crippen LogP contribution in [0.15, 0.2) is 121 Å². The monoisotopic (exact) mass is 885 g/mol. The molecule has 0 amide bonds. The zero-order chi connectivity index (χ0) is 46.5. The van der Waals surface area contributed by atoms with Gasteiger partial charge in [-0.25, -0.2) is 4.79 Å². The third-order valence-corrected chi connectivity index (χ3v) is 17.0. The number of carbonyl (C=O) groups is 1. The average Bonchev–Trinajstić information content (AvgIpc) is 4.03. The fourth-order valence-electron chi connectivity index (χ4n) is 7.67. The lowest BCUT2D eigenvalue weighted by molar-refractivity contribution is -0.146. The summed E-state index contributed by atoms with van der Waals surface area (Å²) in [4.78, 5) is 13.5. The molecule has 1 unspecified atom stereocenters. The largest absolute Gasteiger partial charge is 0.497 e. The SMILES string of the molecule is C=C1C/C=C/[C@H](O)C(OCc2ccc(OC)cc2)C(=C)[C@H](OCc2ccc(OC)cc2)[C@@H](O[Si](C)(C)C(C)(C)C)C(=C)C/C=C/C(C)=C/C(=O)O[C@@H]([C@H]2O[C@H]2[C@@H](C)CCC)[C@@H](C)C1. The Labute approximate surface area is 380 Å². The summed E-state index contributed by atoms with van der Waals surface area (Å²) in [7, 11) is 0.770. The number of carbonyl (C=O) groups excluding carboxylic acids is 1. The molecule has 1 fully saturated rings. The number of cyclic esters (lactones) is 1. The normalized spacial score (nSPS) is 28.3. The van der Waals surface area contributed by atoms with Crippen molar-refractivity contribution in [2.75, 3.05) is 14.2 Å². The molecule has 346 valence electrons. The van der Waals surface area contributed by atoms with Crippen LogP contribution >= 0.6 is 0 Å². The second-order valence-electron chi connectivity index (χ2n) is 19.0. The van der Waals surface area contributed by atoms with Gasteiger partial charge < -0.3 is 38.0 Å². The molecule has 1 N–H and O–H groups in total. The predicted octanol–water partition coefficient (Wildman–Crippen LogP) is 11.6. The van der Waals surface area contributed by atoms with Gasteiger partial charge in [0.25, 0.3) is 0 Å². The average molecular weight is 885 g/mol. The molecule has 2 aliphatic heterocycles. The van der Waals surface area contributed by atoms with Crippen LogP contribution in [-0.4, -0.2) is 76.3 Å². The van der Waals surface area contributed by atoms with E-state index in [9.17, 15) is 9.90 Å². The van der Waals surface area contributed by atoms with Crippen molar-refractivity contribution in [1.29, 1.82) is 0 Å². The standard InChI is InChI=1S/C53H76O9Si/c1-15-18-37(4)47-52(61-47)48-39(6)31-35(2)20-17-22-45(54)50(58-33-41-23-27-43(56-11)28-24-41)40(7)51(59-34-42-25-29-44(57-12)30-26-42)49(62-63(13,14)53(8,9)10)38(5)21-16-19-36(3)32-46(55)60-48/h16-17,19,22-30,32,37,39,45,47-52,54H,2,5,7,15,18,20-21,31,33-34H2,1,3-4,6,8-14H3/b19-16+,22-17+,36-32+/t37-,39-,45-,47-,48+,49-,50?,51-,52-/m0/s1. The summed E-state index contributed by atoms with van der Waals surface area (Å²) in [5.41, 5.74) is 4.77. The van der Waals surface area contributed by atoms with Gasteiger partial charge in [-0.15, -0.1) is 0 Å². The molecule has 9 atom stereocenters. The van der Waals surface area contributed by atoms with Crippen LogP contribution in [0.25, 0.3) is 0 Å². The number of epoxide rings is 1. The zero-order valence-electron chi connectivity index (χ0n) is 40.0. The van der Waals surface area contributed by atoms with E-state index in [1.807, 2.05) is 73.7 Å². The van der Waals surface area contributed by atoms with Gasteiger partial charge >= 0.3 is 5.97 Å². The van der Waals surface area contributed by atoms with Crippen molar-refractivity contribution in [1.82, 2.24) is 0 Å². The summed E-state index contributed by atoms with van der Waals surface area (Å²) < 4.78 is 44.1. The molecule has 1 saturated heterocycles. The van der Waals surface area contributed by atoms with Crippen LogP contribution in [0.3, 0.4) is 0 Å². The Balaban J connectivity index is 1.79. The molecule has 9 nitrogen and oxygen atoms in total. The Kier molecular flexibility index (Phi) is 19.5.